The maximum Gasteiger partial charge on any atom is 0.338 e. The topological polar surface area (TPSA) is 90.0 Å². The van der Waals surface area contributed by atoms with Crippen LogP contribution in [0.15, 0.2) is 6.07 Å². The van der Waals surface area contributed by atoms with E-state index in [0.717, 1.165) is 11.3 Å². The average molecular weight is 313 g/mol. The zero-order chi connectivity index (χ0) is 16.2. The van der Waals surface area contributed by atoms with Gasteiger partial charge < -0.3 is 20.2 Å². The third-order valence-corrected chi connectivity index (χ3v) is 3.50. The lowest BCUT2D eigenvalue weighted by atomic mass is 10.2. The Bertz CT molecular complexity index is 552. The summed E-state index contributed by atoms with van der Waals surface area (Å²) < 4.78 is 0. The second-order valence-electron chi connectivity index (χ2n) is 5.11. The van der Waals surface area contributed by atoms with Crippen LogP contribution in [0.2, 0.25) is 0 Å². The minimum Gasteiger partial charge on any atom is -0.478 e. The van der Waals surface area contributed by atoms with Crippen molar-refractivity contribution in [1.29, 1.82) is 0 Å². The van der Waals surface area contributed by atoms with Crippen molar-refractivity contribution in [2.24, 2.45) is 0 Å². The van der Waals surface area contributed by atoms with Crippen LogP contribution < -0.4 is 5.32 Å². The minimum absolute atomic E-state index is 0.0609. The van der Waals surface area contributed by atoms with Crippen LogP contribution >= 0.6 is 11.3 Å². The first-order valence-electron chi connectivity index (χ1n) is 6.20. The standard InChI is InChI=1S/C13H19N3O4S/c1-15(2)6-9(17)10-5-8(13(19)20)12(21-10)14-11(18)7-16(3)4/h5H,6-7H2,1-4H3,(H,14,18)(H,19,20). The highest BCUT2D eigenvalue weighted by atomic mass is 32.1. The van der Waals surface area contributed by atoms with E-state index in [1.54, 1.807) is 38.0 Å². The number of likely N-dealkylation sites (N-methyl/N-ethyl adjacent to an activating group) is 2. The number of carbonyl (C=O) groups excluding carboxylic acids is 2. The molecule has 0 aliphatic heterocycles. The Morgan fingerprint density at radius 1 is 1.14 bits per heavy atom. The number of carboxylic acids is 1. The van der Waals surface area contributed by atoms with Crippen molar-refractivity contribution in [2.45, 2.75) is 0 Å². The molecule has 0 saturated heterocycles. The summed E-state index contributed by atoms with van der Waals surface area (Å²) in [7, 11) is 6.98. The van der Waals surface area contributed by atoms with Gasteiger partial charge in [-0.1, -0.05) is 0 Å². The summed E-state index contributed by atoms with van der Waals surface area (Å²) >= 11 is 0.986. The number of thiophene rings is 1. The van der Waals surface area contributed by atoms with E-state index in [1.807, 2.05) is 0 Å². The molecule has 116 valence electrons. The summed E-state index contributed by atoms with van der Waals surface area (Å²) in [6, 6.07) is 1.31. The van der Waals surface area contributed by atoms with E-state index < -0.39 is 5.97 Å². The molecule has 0 aliphatic rings. The second-order valence-corrected chi connectivity index (χ2v) is 6.16. The number of nitrogens with one attached hydrogen (secondary N) is 1. The molecule has 1 rings (SSSR count). The van der Waals surface area contributed by atoms with Gasteiger partial charge in [0.2, 0.25) is 5.91 Å². The van der Waals surface area contributed by atoms with Gasteiger partial charge in [-0.15, -0.1) is 11.3 Å². The molecular formula is C13H19N3O4S. The number of carbonyl (C=O) groups is 3. The molecular weight excluding hydrogens is 294 g/mol. The maximum atomic E-state index is 12.0. The Morgan fingerprint density at radius 2 is 1.71 bits per heavy atom. The second kappa shape index (κ2) is 7.30. The number of aromatic carboxylic acids is 1. The van der Waals surface area contributed by atoms with Crippen LogP contribution in [-0.4, -0.2) is 73.8 Å². The molecule has 0 aromatic carbocycles. The Balaban J connectivity index is 2.97. The Morgan fingerprint density at radius 3 is 2.19 bits per heavy atom. The fraction of sp³-hybridized carbons (Fsp3) is 0.462. The molecule has 1 aromatic heterocycles. The predicted molar refractivity (Wildman–Crippen MR) is 81.3 cm³/mol. The number of anilines is 1. The highest BCUT2D eigenvalue weighted by Crippen LogP contribution is 2.28. The first-order chi connectivity index (χ1) is 9.70. The SMILES string of the molecule is CN(C)CC(=O)Nc1sc(C(=O)CN(C)C)cc1C(=O)O. The van der Waals surface area contributed by atoms with Crippen molar-refractivity contribution in [2.75, 3.05) is 46.6 Å². The number of rotatable bonds is 7. The number of hydrogen-bond donors (Lipinski definition) is 2. The summed E-state index contributed by atoms with van der Waals surface area (Å²) in [5.74, 6) is -1.67. The lowest BCUT2D eigenvalue weighted by Gasteiger charge is -2.09. The summed E-state index contributed by atoms with van der Waals surface area (Å²) in [4.78, 5) is 38.6. The van der Waals surface area contributed by atoms with E-state index in [9.17, 15) is 14.4 Å². The molecule has 0 saturated carbocycles. The number of hydrogen-bond acceptors (Lipinski definition) is 6. The largest absolute Gasteiger partial charge is 0.478 e. The van der Waals surface area contributed by atoms with Gasteiger partial charge in [0.1, 0.15) is 5.00 Å². The van der Waals surface area contributed by atoms with Crippen molar-refractivity contribution in [3.05, 3.63) is 16.5 Å². The minimum atomic E-state index is -1.17. The average Bonchev–Trinajstić information content (AvgIpc) is 2.70. The molecule has 21 heavy (non-hydrogen) atoms. The molecule has 0 atom stereocenters. The molecule has 1 amide bonds. The lowest BCUT2D eigenvalue weighted by Crippen LogP contribution is -2.27. The summed E-state index contributed by atoms with van der Waals surface area (Å²) in [5.41, 5.74) is -0.0609. The monoisotopic (exact) mass is 313 g/mol. The van der Waals surface area contributed by atoms with Gasteiger partial charge in [0, 0.05) is 0 Å². The number of carboxylic acid groups (broad SMARTS) is 1. The van der Waals surface area contributed by atoms with Crippen LogP contribution in [0.3, 0.4) is 0 Å². The quantitative estimate of drug-likeness (QED) is 0.720. The summed E-state index contributed by atoms with van der Waals surface area (Å²) in [5, 5.41) is 11.9. The molecule has 0 bridgehead atoms. The fourth-order valence-corrected chi connectivity index (χ4v) is 2.59. The predicted octanol–water partition coefficient (Wildman–Crippen LogP) is 0.691. The van der Waals surface area contributed by atoms with Crippen LogP contribution in [0.25, 0.3) is 0 Å². The Hall–Kier alpha value is -1.77. The van der Waals surface area contributed by atoms with E-state index in [0.29, 0.717) is 4.88 Å². The van der Waals surface area contributed by atoms with Gasteiger partial charge in [0.05, 0.1) is 23.5 Å². The molecule has 0 spiro atoms. The van der Waals surface area contributed by atoms with E-state index in [4.69, 9.17) is 5.11 Å². The van der Waals surface area contributed by atoms with E-state index >= 15 is 0 Å². The number of ketones is 1. The van der Waals surface area contributed by atoms with Gasteiger partial charge >= 0.3 is 5.97 Å². The normalized spacial score (nSPS) is 11.0. The third-order valence-electron chi connectivity index (χ3n) is 2.41. The Kier molecular flexibility index (Phi) is 6.01. The highest BCUT2D eigenvalue weighted by Gasteiger charge is 2.20. The molecule has 7 nitrogen and oxygen atoms in total. The molecule has 0 fully saturated rings. The van der Waals surface area contributed by atoms with E-state index in [-0.39, 0.29) is 35.3 Å². The highest BCUT2D eigenvalue weighted by molar-refractivity contribution is 7.18. The van der Waals surface area contributed by atoms with Crippen molar-refractivity contribution >= 4 is 34.0 Å². The van der Waals surface area contributed by atoms with Gasteiger partial charge in [0.15, 0.2) is 5.78 Å². The summed E-state index contributed by atoms with van der Waals surface area (Å²) in [6.07, 6.45) is 0. The number of amides is 1. The van der Waals surface area contributed by atoms with Crippen molar-refractivity contribution < 1.29 is 19.5 Å². The molecule has 0 aliphatic carbocycles. The number of nitrogens with zero attached hydrogens (tertiary/aromatic N) is 2. The van der Waals surface area contributed by atoms with Crippen molar-refractivity contribution in [3.8, 4) is 0 Å². The first-order valence-corrected chi connectivity index (χ1v) is 7.02. The molecule has 8 heteroatoms. The molecule has 1 heterocycles. The molecule has 0 radical (unpaired) electrons. The van der Waals surface area contributed by atoms with Crippen LogP contribution in [0.4, 0.5) is 5.00 Å². The zero-order valence-corrected chi connectivity index (χ0v) is 13.3. The Labute approximate surface area is 127 Å². The molecule has 2 N–H and O–H groups in total. The smallest absolute Gasteiger partial charge is 0.338 e. The number of Topliss-reactive ketones (excluding diaryl/α,β-unsaturated/α-hetero) is 1. The van der Waals surface area contributed by atoms with Crippen LogP contribution in [0.1, 0.15) is 20.0 Å². The first kappa shape index (κ1) is 17.3. The van der Waals surface area contributed by atoms with Crippen LogP contribution in [-0.2, 0) is 4.79 Å². The van der Waals surface area contributed by atoms with E-state index in [1.165, 1.54) is 6.07 Å². The van der Waals surface area contributed by atoms with Gasteiger partial charge in [-0.25, -0.2) is 4.79 Å². The maximum absolute atomic E-state index is 12.0. The van der Waals surface area contributed by atoms with Gasteiger partial charge in [-0.3, -0.25) is 9.59 Å². The van der Waals surface area contributed by atoms with Gasteiger partial charge in [-0.05, 0) is 34.3 Å². The van der Waals surface area contributed by atoms with Crippen molar-refractivity contribution in [1.82, 2.24) is 9.80 Å². The molecule has 1 aromatic rings. The van der Waals surface area contributed by atoms with Crippen LogP contribution in [0.5, 0.6) is 0 Å². The van der Waals surface area contributed by atoms with Gasteiger partial charge in [-0.2, -0.15) is 0 Å². The zero-order valence-electron chi connectivity index (χ0n) is 12.5. The van der Waals surface area contributed by atoms with Crippen LogP contribution in [0, 0.1) is 0 Å². The lowest BCUT2D eigenvalue weighted by molar-refractivity contribution is -0.116. The fourth-order valence-electron chi connectivity index (χ4n) is 1.60. The molecule has 0 unspecified atom stereocenters. The van der Waals surface area contributed by atoms with Crippen molar-refractivity contribution in [3.63, 3.8) is 0 Å². The summed E-state index contributed by atoms with van der Waals surface area (Å²) in [6.45, 7) is 0.322. The van der Waals surface area contributed by atoms with E-state index in [2.05, 4.69) is 5.32 Å². The van der Waals surface area contributed by atoms with Gasteiger partial charge in [0.25, 0.3) is 0 Å². The third kappa shape index (κ3) is 5.25.